The molecular formula is C8H15BFNO4S. The normalized spacial score (nSPS) is 23.4. The number of hydrogen-bond donors (Lipinski definition) is 0. The van der Waals surface area contributed by atoms with Crippen molar-refractivity contribution in [3.8, 4) is 0 Å². The standard InChI is InChI=1S/C8H15BFNO4S/c1-16(13,14)15-7(4-10)6-2-3-11(5-6)8(9)12/h6-7H,2-5,9H2,1H3/t6-,7?/m0/s1. The van der Waals surface area contributed by atoms with Crippen molar-refractivity contribution in [3.63, 3.8) is 0 Å². The van der Waals surface area contributed by atoms with Gasteiger partial charge in [0, 0.05) is 19.0 Å². The lowest BCUT2D eigenvalue weighted by Crippen LogP contribution is -2.33. The molecule has 0 saturated carbocycles. The Hall–Kier alpha value is -0.625. The zero-order valence-electron chi connectivity index (χ0n) is 9.35. The molecule has 5 nitrogen and oxygen atoms in total. The van der Waals surface area contributed by atoms with E-state index in [1.165, 1.54) is 7.85 Å². The molecule has 0 spiro atoms. The summed E-state index contributed by atoms with van der Waals surface area (Å²) < 4.78 is 39.1. The summed E-state index contributed by atoms with van der Waals surface area (Å²) >= 11 is 0. The van der Waals surface area contributed by atoms with Crippen LogP contribution in [0.4, 0.5) is 9.18 Å². The molecule has 1 fully saturated rings. The van der Waals surface area contributed by atoms with Crippen LogP contribution in [0.25, 0.3) is 0 Å². The predicted molar refractivity (Wildman–Crippen MR) is 59.3 cm³/mol. The second kappa shape index (κ2) is 5.14. The lowest BCUT2D eigenvalue weighted by Gasteiger charge is -2.20. The van der Waals surface area contributed by atoms with Gasteiger partial charge in [-0.15, -0.1) is 0 Å². The molecule has 1 rings (SSSR count). The van der Waals surface area contributed by atoms with Gasteiger partial charge in [-0.1, -0.05) is 0 Å². The third-order valence-corrected chi connectivity index (χ3v) is 3.24. The van der Waals surface area contributed by atoms with Crippen LogP contribution in [0, 0.1) is 5.92 Å². The first kappa shape index (κ1) is 13.4. The summed E-state index contributed by atoms with van der Waals surface area (Å²) in [5.41, 5.74) is 0. The Morgan fingerprint density at radius 2 is 2.31 bits per heavy atom. The molecule has 1 unspecified atom stereocenters. The minimum Gasteiger partial charge on any atom is -0.352 e. The highest BCUT2D eigenvalue weighted by Crippen LogP contribution is 2.23. The number of alkyl halides is 1. The molecule has 92 valence electrons. The summed E-state index contributed by atoms with van der Waals surface area (Å²) in [5, 5.41) is 0. The minimum absolute atomic E-state index is 0.0838. The SMILES string of the molecule is BC(=O)N1CC[C@H](C(CF)OS(C)(=O)=O)C1. The maximum absolute atomic E-state index is 12.7. The molecule has 0 aliphatic carbocycles. The van der Waals surface area contributed by atoms with Crippen molar-refractivity contribution in [3.05, 3.63) is 0 Å². The van der Waals surface area contributed by atoms with Gasteiger partial charge in [-0.3, -0.25) is 8.98 Å². The maximum atomic E-state index is 12.7. The van der Waals surface area contributed by atoms with E-state index in [-0.39, 0.29) is 11.7 Å². The summed E-state index contributed by atoms with van der Waals surface area (Å²) in [6.07, 6.45) is 0.496. The third kappa shape index (κ3) is 3.75. The average Bonchev–Trinajstić information content (AvgIpc) is 2.61. The molecule has 0 N–H and O–H groups in total. The van der Waals surface area contributed by atoms with Crippen molar-refractivity contribution in [2.45, 2.75) is 12.5 Å². The monoisotopic (exact) mass is 251 g/mol. The summed E-state index contributed by atoms with van der Waals surface area (Å²) in [6.45, 7) is 0.0343. The van der Waals surface area contributed by atoms with Gasteiger partial charge in [-0.25, -0.2) is 4.39 Å². The largest absolute Gasteiger partial charge is 0.352 e. The number of amides is 1. The molecule has 0 aromatic rings. The zero-order chi connectivity index (χ0) is 12.3. The second-order valence-corrected chi connectivity index (χ2v) is 5.61. The van der Waals surface area contributed by atoms with Crippen molar-refractivity contribution >= 4 is 23.8 Å². The van der Waals surface area contributed by atoms with Gasteiger partial charge >= 0.3 is 0 Å². The predicted octanol–water partition coefficient (Wildman–Crippen LogP) is -0.624. The smallest absolute Gasteiger partial charge is 0.264 e. The summed E-state index contributed by atoms with van der Waals surface area (Å²) in [7, 11) is -2.22. The molecule has 1 aliphatic heterocycles. The first-order valence-corrected chi connectivity index (χ1v) is 6.85. The first-order valence-electron chi connectivity index (χ1n) is 5.03. The third-order valence-electron chi connectivity index (χ3n) is 2.65. The maximum Gasteiger partial charge on any atom is 0.264 e. The topological polar surface area (TPSA) is 63.7 Å². The van der Waals surface area contributed by atoms with Crippen LogP contribution in [0.1, 0.15) is 6.42 Å². The number of hydrogen-bond acceptors (Lipinski definition) is 4. The fourth-order valence-corrected chi connectivity index (χ4v) is 2.49. The zero-order valence-corrected chi connectivity index (χ0v) is 10.2. The van der Waals surface area contributed by atoms with Crippen LogP contribution >= 0.6 is 0 Å². The van der Waals surface area contributed by atoms with Crippen molar-refractivity contribution in [1.29, 1.82) is 0 Å². The fraction of sp³-hybridized carbons (Fsp3) is 0.875. The highest BCUT2D eigenvalue weighted by molar-refractivity contribution is 7.86. The van der Waals surface area contributed by atoms with Crippen LogP contribution in [0.2, 0.25) is 0 Å². The Balaban J connectivity index is 2.59. The van der Waals surface area contributed by atoms with E-state index in [0.717, 1.165) is 6.26 Å². The fourth-order valence-electron chi connectivity index (χ4n) is 1.83. The van der Waals surface area contributed by atoms with Crippen LogP contribution in [0.3, 0.4) is 0 Å². The van der Waals surface area contributed by atoms with Gasteiger partial charge in [-0.05, 0) is 6.42 Å². The number of carbonyl (C=O) groups is 1. The van der Waals surface area contributed by atoms with Crippen LogP contribution in [0.15, 0.2) is 0 Å². The van der Waals surface area contributed by atoms with E-state index < -0.39 is 22.9 Å². The van der Waals surface area contributed by atoms with Crippen LogP contribution in [-0.4, -0.2) is 59.1 Å². The highest BCUT2D eigenvalue weighted by Gasteiger charge is 2.33. The van der Waals surface area contributed by atoms with E-state index in [4.69, 9.17) is 0 Å². The Labute approximate surface area is 95.5 Å². The summed E-state index contributed by atoms with van der Waals surface area (Å²) in [6, 6.07) is 0. The molecule has 0 bridgehead atoms. The number of carbonyl (C=O) groups excluding carboxylic acids is 1. The highest BCUT2D eigenvalue weighted by atomic mass is 32.2. The number of rotatable bonds is 4. The molecule has 0 aromatic carbocycles. The Morgan fingerprint density at radius 1 is 1.69 bits per heavy atom. The molecule has 2 atom stereocenters. The number of halogens is 1. The van der Waals surface area contributed by atoms with Crippen LogP contribution in [-0.2, 0) is 14.3 Å². The van der Waals surface area contributed by atoms with Gasteiger partial charge in [0.2, 0.25) is 7.85 Å². The molecule has 1 aliphatic rings. The lowest BCUT2D eigenvalue weighted by atomic mass is 10.0. The summed E-state index contributed by atoms with van der Waals surface area (Å²) in [5.74, 6) is -0.330. The molecule has 0 radical (unpaired) electrons. The van der Waals surface area contributed by atoms with E-state index in [1.54, 1.807) is 4.90 Å². The molecule has 1 amide bonds. The van der Waals surface area contributed by atoms with Gasteiger partial charge in [0.25, 0.3) is 10.1 Å². The lowest BCUT2D eigenvalue weighted by molar-refractivity contribution is 0.116. The Morgan fingerprint density at radius 3 is 2.69 bits per heavy atom. The van der Waals surface area contributed by atoms with Gasteiger partial charge in [-0.2, -0.15) is 8.42 Å². The van der Waals surface area contributed by atoms with E-state index >= 15 is 0 Å². The molecule has 16 heavy (non-hydrogen) atoms. The molecule has 8 heteroatoms. The Bertz CT molecular complexity index is 361. The van der Waals surface area contributed by atoms with Gasteiger partial charge in [0.05, 0.1) is 6.26 Å². The number of nitrogens with zero attached hydrogens (tertiary/aromatic N) is 1. The Kier molecular flexibility index (Phi) is 4.31. The quantitative estimate of drug-likeness (QED) is 0.493. The molecule has 0 aromatic heterocycles. The van der Waals surface area contributed by atoms with E-state index in [9.17, 15) is 17.6 Å². The average molecular weight is 251 g/mol. The van der Waals surface area contributed by atoms with Gasteiger partial charge in [0.15, 0.2) is 5.81 Å². The van der Waals surface area contributed by atoms with E-state index in [1.807, 2.05) is 0 Å². The van der Waals surface area contributed by atoms with Crippen LogP contribution in [0.5, 0.6) is 0 Å². The second-order valence-electron chi connectivity index (χ2n) is 4.01. The van der Waals surface area contributed by atoms with Crippen molar-refractivity contribution < 1.29 is 21.8 Å². The minimum atomic E-state index is -3.65. The molecular weight excluding hydrogens is 236 g/mol. The van der Waals surface area contributed by atoms with Crippen molar-refractivity contribution in [2.24, 2.45) is 5.92 Å². The number of likely N-dealkylation sites (tertiary alicyclic amines) is 1. The van der Waals surface area contributed by atoms with Crippen molar-refractivity contribution in [1.82, 2.24) is 4.90 Å². The van der Waals surface area contributed by atoms with Gasteiger partial charge in [0.1, 0.15) is 12.8 Å². The molecule has 1 heterocycles. The van der Waals surface area contributed by atoms with E-state index in [0.29, 0.717) is 19.5 Å². The van der Waals surface area contributed by atoms with E-state index in [2.05, 4.69) is 4.18 Å². The van der Waals surface area contributed by atoms with Crippen molar-refractivity contribution in [2.75, 3.05) is 26.0 Å². The molecule has 1 saturated heterocycles. The van der Waals surface area contributed by atoms with Gasteiger partial charge < -0.3 is 4.90 Å². The van der Waals surface area contributed by atoms with Crippen LogP contribution < -0.4 is 0 Å². The summed E-state index contributed by atoms with van der Waals surface area (Å²) in [4.78, 5) is 12.6. The first-order chi connectivity index (χ1) is 7.33.